The van der Waals surface area contributed by atoms with Gasteiger partial charge in [-0.1, -0.05) is 6.07 Å². The number of hydrogen-bond donors (Lipinski definition) is 2. The van der Waals surface area contributed by atoms with Crippen LogP contribution in [0.5, 0.6) is 5.75 Å². The maximum Gasteiger partial charge on any atom is 0.228 e. The molecule has 1 fully saturated rings. The predicted molar refractivity (Wildman–Crippen MR) is 88.5 cm³/mol. The van der Waals surface area contributed by atoms with E-state index < -0.39 is 11.2 Å². The molecule has 130 valence electrons. The third-order valence-electron chi connectivity index (χ3n) is 4.13. The predicted octanol–water partition coefficient (Wildman–Crippen LogP) is 1.89. The SMILES string of the molecule is COCC1(C(=O)NCc2ccc(OC)c(F)c2)CCNCC1.Cl. The topological polar surface area (TPSA) is 59.6 Å². The average molecular weight is 347 g/mol. The molecule has 1 aromatic carbocycles. The van der Waals surface area contributed by atoms with Crippen LogP contribution in [0.4, 0.5) is 4.39 Å². The largest absolute Gasteiger partial charge is 0.494 e. The average Bonchev–Trinajstić information content (AvgIpc) is 2.54. The quantitative estimate of drug-likeness (QED) is 0.826. The van der Waals surface area contributed by atoms with Crippen molar-refractivity contribution in [2.24, 2.45) is 5.41 Å². The molecule has 0 atom stereocenters. The monoisotopic (exact) mass is 346 g/mol. The molecular weight excluding hydrogens is 323 g/mol. The van der Waals surface area contributed by atoms with E-state index in [0.717, 1.165) is 25.9 Å². The lowest BCUT2D eigenvalue weighted by molar-refractivity contribution is -0.136. The minimum Gasteiger partial charge on any atom is -0.494 e. The van der Waals surface area contributed by atoms with Crippen molar-refractivity contribution in [3.8, 4) is 5.75 Å². The Morgan fingerprint density at radius 3 is 2.61 bits per heavy atom. The summed E-state index contributed by atoms with van der Waals surface area (Å²) in [6.07, 6.45) is 1.48. The van der Waals surface area contributed by atoms with E-state index in [0.29, 0.717) is 18.7 Å². The molecule has 0 unspecified atom stereocenters. The van der Waals surface area contributed by atoms with Gasteiger partial charge in [-0.3, -0.25) is 4.79 Å². The zero-order valence-electron chi connectivity index (χ0n) is 13.5. The molecule has 7 heteroatoms. The van der Waals surface area contributed by atoms with Crippen LogP contribution in [0.3, 0.4) is 0 Å². The van der Waals surface area contributed by atoms with Crippen molar-refractivity contribution in [3.63, 3.8) is 0 Å². The minimum atomic E-state index is -0.495. The lowest BCUT2D eigenvalue weighted by Crippen LogP contribution is -2.49. The molecule has 0 aromatic heterocycles. The van der Waals surface area contributed by atoms with E-state index in [4.69, 9.17) is 9.47 Å². The highest BCUT2D eigenvalue weighted by molar-refractivity contribution is 5.85. The molecule has 1 aliphatic rings. The van der Waals surface area contributed by atoms with E-state index in [1.807, 2.05) is 0 Å². The molecule has 1 amide bonds. The van der Waals surface area contributed by atoms with Gasteiger partial charge in [0.05, 0.1) is 19.1 Å². The van der Waals surface area contributed by atoms with Crippen molar-refractivity contribution in [2.75, 3.05) is 33.9 Å². The molecule has 1 saturated heterocycles. The summed E-state index contributed by atoms with van der Waals surface area (Å²) in [7, 11) is 3.03. The number of piperidine rings is 1. The Balaban J connectivity index is 0.00000264. The van der Waals surface area contributed by atoms with E-state index in [1.165, 1.54) is 13.2 Å². The van der Waals surface area contributed by atoms with Crippen LogP contribution in [-0.4, -0.2) is 39.8 Å². The summed E-state index contributed by atoms with van der Waals surface area (Å²) in [5.74, 6) is -0.265. The molecule has 5 nitrogen and oxygen atoms in total. The number of methoxy groups -OCH3 is 2. The second-order valence-corrected chi connectivity index (χ2v) is 5.61. The number of halogens is 2. The van der Waals surface area contributed by atoms with E-state index >= 15 is 0 Å². The summed E-state index contributed by atoms with van der Waals surface area (Å²) >= 11 is 0. The van der Waals surface area contributed by atoms with Gasteiger partial charge in [0.1, 0.15) is 0 Å². The highest BCUT2D eigenvalue weighted by Gasteiger charge is 2.39. The molecule has 1 aliphatic heterocycles. The summed E-state index contributed by atoms with van der Waals surface area (Å²) in [5.41, 5.74) is 0.207. The maximum atomic E-state index is 13.7. The van der Waals surface area contributed by atoms with Gasteiger partial charge in [-0.2, -0.15) is 0 Å². The summed E-state index contributed by atoms with van der Waals surface area (Å²) in [6, 6.07) is 4.68. The van der Waals surface area contributed by atoms with Crippen LogP contribution in [0, 0.1) is 11.2 Å². The first-order valence-corrected chi connectivity index (χ1v) is 7.42. The number of carbonyl (C=O) groups is 1. The highest BCUT2D eigenvalue weighted by atomic mass is 35.5. The molecule has 23 heavy (non-hydrogen) atoms. The van der Waals surface area contributed by atoms with E-state index in [-0.39, 0.29) is 24.1 Å². The Morgan fingerprint density at radius 2 is 2.04 bits per heavy atom. The Kier molecular flexibility index (Phi) is 7.75. The Morgan fingerprint density at radius 1 is 1.35 bits per heavy atom. The number of rotatable bonds is 6. The van der Waals surface area contributed by atoms with Crippen molar-refractivity contribution in [1.29, 1.82) is 0 Å². The number of nitrogens with one attached hydrogen (secondary N) is 2. The van der Waals surface area contributed by atoms with Crippen LogP contribution in [0.1, 0.15) is 18.4 Å². The highest BCUT2D eigenvalue weighted by Crippen LogP contribution is 2.29. The van der Waals surface area contributed by atoms with Crippen LogP contribution in [0.15, 0.2) is 18.2 Å². The molecule has 0 spiro atoms. The first-order chi connectivity index (χ1) is 10.6. The van der Waals surface area contributed by atoms with Crippen molar-refractivity contribution in [2.45, 2.75) is 19.4 Å². The van der Waals surface area contributed by atoms with Gasteiger partial charge in [-0.15, -0.1) is 12.4 Å². The van der Waals surface area contributed by atoms with Crippen molar-refractivity contribution in [1.82, 2.24) is 10.6 Å². The number of ether oxygens (including phenoxy) is 2. The molecule has 2 rings (SSSR count). The van der Waals surface area contributed by atoms with Gasteiger partial charge in [0.2, 0.25) is 5.91 Å². The number of amides is 1. The van der Waals surface area contributed by atoms with Crippen LogP contribution in [-0.2, 0) is 16.1 Å². The van der Waals surface area contributed by atoms with Crippen molar-refractivity contribution in [3.05, 3.63) is 29.6 Å². The molecule has 0 saturated carbocycles. The fourth-order valence-electron chi connectivity index (χ4n) is 2.81. The third-order valence-corrected chi connectivity index (χ3v) is 4.13. The number of benzene rings is 1. The van der Waals surface area contributed by atoms with Crippen LogP contribution >= 0.6 is 12.4 Å². The zero-order valence-corrected chi connectivity index (χ0v) is 14.3. The normalized spacial score (nSPS) is 16.3. The lowest BCUT2D eigenvalue weighted by Gasteiger charge is -2.35. The van der Waals surface area contributed by atoms with Gasteiger partial charge in [-0.25, -0.2) is 4.39 Å². The molecule has 2 N–H and O–H groups in total. The smallest absolute Gasteiger partial charge is 0.228 e. The summed E-state index contributed by atoms with van der Waals surface area (Å²) < 4.78 is 23.8. The molecule has 0 bridgehead atoms. The fourth-order valence-corrected chi connectivity index (χ4v) is 2.81. The number of hydrogen-bond acceptors (Lipinski definition) is 4. The molecular formula is C16H24ClFN2O3. The molecule has 0 radical (unpaired) electrons. The van der Waals surface area contributed by atoms with Gasteiger partial charge in [0.15, 0.2) is 11.6 Å². The molecule has 1 heterocycles. The summed E-state index contributed by atoms with van der Waals surface area (Å²) in [5, 5.41) is 6.15. The molecule has 1 aromatic rings. The Hall–Kier alpha value is -1.37. The van der Waals surface area contributed by atoms with E-state index in [2.05, 4.69) is 10.6 Å². The van der Waals surface area contributed by atoms with Crippen molar-refractivity contribution >= 4 is 18.3 Å². The standard InChI is InChI=1S/C16H23FN2O3.ClH/c1-21-11-16(5-7-18-8-6-16)15(20)19-10-12-3-4-14(22-2)13(17)9-12;/h3-4,9,18H,5-8,10-11H2,1-2H3,(H,19,20);1H. The van der Waals surface area contributed by atoms with Gasteiger partial charge < -0.3 is 20.1 Å². The van der Waals surface area contributed by atoms with Crippen molar-refractivity contribution < 1.29 is 18.7 Å². The van der Waals surface area contributed by atoms with Crippen LogP contribution < -0.4 is 15.4 Å². The summed E-state index contributed by atoms with van der Waals surface area (Å²) in [4.78, 5) is 12.6. The first-order valence-electron chi connectivity index (χ1n) is 7.42. The maximum absolute atomic E-state index is 13.7. The van der Waals surface area contributed by atoms with E-state index in [9.17, 15) is 9.18 Å². The van der Waals surface area contributed by atoms with Gasteiger partial charge >= 0.3 is 0 Å². The zero-order chi connectivity index (χ0) is 16.0. The second-order valence-electron chi connectivity index (χ2n) is 5.61. The lowest BCUT2D eigenvalue weighted by atomic mass is 9.78. The Bertz CT molecular complexity index is 517. The van der Waals surface area contributed by atoms with Crippen LogP contribution in [0.25, 0.3) is 0 Å². The van der Waals surface area contributed by atoms with Gasteiger partial charge in [0, 0.05) is 13.7 Å². The Labute approximate surface area is 142 Å². The summed E-state index contributed by atoms with van der Waals surface area (Å²) in [6.45, 7) is 2.29. The minimum absolute atomic E-state index is 0. The number of carbonyl (C=O) groups excluding carboxylic acids is 1. The van der Waals surface area contributed by atoms with Crippen LogP contribution in [0.2, 0.25) is 0 Å². The van der Waals surface area contributed by atoms with Gasteiger partial charge in [0.25, 0.3) is 0 Å². The second kappa shape index (κ2) is 9.05. The fraction of sp³-hybridized carbons (Fsp3) is 0.562. The first kappa shape index (κ1) is 19.7. The third kappa shape index (κ3) is 4.80. The van der Waals surface area contributed by atoms with Gasteiger partial charge in [-0.05, 0) is 43.6 Å². The van der Waals surface area contributed by atoms with E-state index in [1.54, 1.807) is 19.2 Å². The molecule has 0 aliphatic carbocycles.